The van der Waals surface area contributed by atoms with Crippen LogP contribution in [-0.4, -0.2) is 18.1 Å². The van der Waals surface area contributed by atoms with Crippen molar-refractivity contribution in [3.63, 3.8) is 0 Å². The number of methoxy groups -OCH3 is 1. The number of pyridine rings is 1. The highest BCUT2D eigenvalue weighted by Gasteiger charge is 2.11. The maximum absolute atomic E-state index is 11.1. The molecule has 2 aromatic rings. The minimum Gasteiger partial charge on any atom is -0.463 e. The predicted molar refractivity (Wildman–Crippen MR) is 54.4 cm³/mol. The normalized spacial score (nSPS) is 9.81. The number of carbonyl (C=O) groups excluding carboxylic acids is 1. The number of hydrogen-bond acceptors (Lipinski definition) is 5. The molecule has 0 saturated heterocycles. The summed E-state index contributed by atoms with van der Waals surface area (Å²) in [4.78, 5) is 15.0. The van der Waals surface area contributed by atoms with Crippen molar-refractivity contribution in [1.29, 1.82) is 0 Å². The highest BCUT2D eigenvalue weighted by molar-refractivity contribution is 5.86. The van der Waals surface area contributed by atoms with Crippen LogP contribution in [0.15, 0.2) is 41.1 Å². The van der Waals surface area contributed by atoms with E-state index in [2.05, 4.69) is 9.72 Å². The number of esters is 1. The Hall–Kier alpha value is -2.30. The predicted octanol–water partition coefficient (Wildman–Crippen LogP) is 2.25. The average molecular weight is 219 g/mol. The van der Waals surface area contributed by atoms with E-state index in [1.807, 2.05) is 0 Å². The molecule has 2 heterocycles. The first kappa shape index (κ1) is 10.2. The van der Waals surface area contributed by atoms with Gasteiger partial charge in [-0.2, -0.15) is 0 Å². The van der Waals surface area contributed by atoms with Crippen molar-refractivity contribution < 1.29 is 18.7 Å². The lowest BCUT2D eigenvalue weighted by Crippen LogP contribution is -1.98. The van der Waals surface area contributed by atoms with Gasteiger partial charge in [-0.25, -0.2) is 4.79 Å². The monoisotopic (exact) mass is 219 g/mol. The second-order valence-electron chi connectivity index (χ2n) is 2.90. The zero-order valence-corrected chi connectivity index (χ0v) is 8.54. The number of furan rings is 1. The Bertz CT molecular complexity index is 478. The third-order valence-electron chi connectivity index (χ3n) is 1.82. The second kappa shape index (κ2) is 4.48. The lowest BCUT2D eigenvalue weighted by Gasteiger charge is -1.99. The van der Waals surface area contributed by atoms with Crippen LogP contribution in [-0.2, 0) is 4.74 Å². The van der Waals surface area contributed by atoms with Gasteiger partial charge in [0.05, 0.1) is 13.3 Å². The van der Waals surface area contributed by atoms with E-state index in [0.717, 1.165) is 0 Å². The van der Waals surface area contributed by atoms with Crippen LogP contribution < -0.4 is 4.74 Å². The van der Waals surface area contributed by atoms with Crippen LogP contribution in [0, 0.1) is 0 Å². The van der Waals surface area contributed by atoms with Crippen LogP contribution in [0.1, 0.15) is 10.6 Å². The van der Waals surface area contributed by atoms with Crippen LogP contribution >= 0.6 is 0 Å². The van der Waals surface area contributed by atoms with Gasteiger partial charge >= 0.3 is 5.97 Å². The van der Waals surface area contributed by atoms with E-state index >= 15 is 0 Å². The Morgan fingerprint density at radius 2 is 2.25 bits per heavy atom. The zero-order valence-electron chi connectivity index (χ0n) is 8.54. The van der Waals surface area contributed by atoms with Crippen molar-refractivity contribution in [3.05, 3.63) is 42.4 Å². The quantitative estimate of drug-likeness (QED) is 0.741. The average Bonchev–Trinajstić information content (AvgIpc) is 2.78. The van der Waals surface area contributed by atoms with Crippen LogP contribution in [0.4, 0.5) is 0 Å². The molecule has 0 atom stereocenters. The fraction of sp³-hybridized carbons (Fsp3) is 0.0909. The lowest BCUT2D eigenvalue weighted by atomic mass is 10.4. The Labute approximate surface area is 91.6 Å². The van der Waals surface area contributed by atoms with Gasteiger partial charge in [-0.05, 0) is 18.2 Å². The molecule has 0 unspecified atom stereocenters. The molecule has 0 radical (unpaired) electrons. The smallest absolute Gasteiger partial charge is 0.374 e. The second-order valence-corrected chi connectivity index (χ2v) is 2.90. The summed E-state index contributed by atoms with van der Waals surface area (Å²) >= 11 is 0. The molecular formula is C11H9NO4. The molecule has 0 aliphatic heterocycles. The van der Waals surface area contributed by atoms with Crippen LogP contribution in [0.2, 0.25) is 0 Å². The Balaban J connectivity index is 2.12. The maximum Gasteiger partial charge on any atom is 0.374 e. The maximum atomic E-state index is 11.1. The molecular weight excluding hydrogens is 210 g/mol. The number of rotatable bonds is 3. The van der Waals surface area contributed by atoms with E-state index in [-0.39, 0.29) is 11.7 Å². The van der Waals surface area contributed by atoms with Gasteiger partial charge in [0.1, 0.15) is 5.75 Å². The number of aromatic nitrogens is 1. The molecule has 0 aliphatic carbocycles. The molecule has 2 aromatic heterocycles. The molecule has 82 valence electrons. The van der Waals surface area contributed by atoms with Gasteiger partial charge in [0, 0.05) is 12.3 Å². The minimum atomic E-state index is -0.541. The van der Waals surface area contributed by atoms with Crippen molar-refractivity contribution in [1.82, 2.24) is 4.98 Å². The molecule has 0 saturated carbocycles. The fourth-order valence-corrected chi connectivity index (χ4v) is 1.11. The first-order valence-electron chi connectivity index (χ1n) is 4.55. The molecule has 5 heteroatoms. The summed E-state index contributed by atoms with van der Waals surface area (Å²) in [6.45, 7) is 0. The summed E-state index contributed by atoms with van der Waals surface area (Å²) in [5.74, 6) is 0.309. The standard InChI is InChI=1S/C11H9NO4/c1-14-11(13)9-4-5-10(16-9)15-8-3-2-6-12-7-8/h2-7H,1H3. The number of hydrogen-bond donors (Lipinski definition) is 0. The topological polar surface area (TPSA) is 61.6 Å². The SMILES string of the molecule is COC(=O)c1ccc(Oc2cccnc2)o1. The molecule has 0 aromatic carbocycles. The molecule has 0 bridgehead atoms. The number of carbonyl (C=O) groups is 1. The van der Waals surface area contributed by atoms with Crippen molar-refractivity contribution in [2.45, 2.75) is 0 Å². The van der Waals surface area contributed by atoms with Crippen molar-refractivity contribution in [3.8, 4) is 11.7 Å². The summed E-state index contributed by atoms with van der Waals surface area (Å²) in [5, 5.41) is 0. The van der Waals surface area contributed by atoms with Gasteiger partial charge < -0.3 is 13.9 Å². The van der Waals surface area contributed by atoms with Crippen molar-refractivity contribution in [2.75, 3.05) is 7.11 Å². The molecule has 16 heavy (non-hydrogen) atoms. The first-order chi connectivity index (χ1) is 7.79. The third kappa shape index (κ3) is 2.20. The van der Waals surface area contributed by atoms with Crippen LogP contribution in [0.5, 0.6) is 11.7 Å². The molecule has 5 nitrogen and oxygen atoms in total. The largest absolute Gasteiger partial charge is 0.463 e. The first-order valence-corrected chi connectivity index (χ1v) is 4.55. The molecule has 0 N–H and O–H groups in total. The summed E-state index contributed by atoms with van der Waals surface area (Å²) in [5.41, 5.74) is 0. The fourth-order valence-electron chi connectivity index (χ4n) is 1.11. The van der Waals surface area contributed by atoms with Crippen molar-refractivity contribution in [2.24, 2.45) is 0 Å². The molecule has 2 rings (SSSR count). The summed E-state index contributed by atoms with van der Waals surface area (Å²) in [6.07, 6.45) is 3.18. The minimum absolute atomic E-state index is 0.0985. The molecule has 0 spiro atoms. The number of nitrogens with zero attached hydrogens (tertiary/aromatic N) is 1. The Kier molecular flexibility index (Phi) is 2.86. The van der Waals surface area contributed by atoms with Gasteiger partial charge in [0.15, 0.2) is 0 Å². The van der Waals surface area contributed by atoms with Gasteiger partial charge in [-0.3, -0.25) is 4.98 Å². The van der Waals surface area contributed by atoms with Crippen molar-refractivity contribution >= 4 is 5.97 Å². The Morgan fingerprint density at radius 1 is 1.38 bits per heavy atom. The van der Waals surface area contributed by atoms with Crippen LogP contribution in [0.3, 0.4) is 0 Å². The highest BCUT2D eigenvalue weighted by Crippen LogP contribution is 2.22. The Morgan fingerprint density at radius 3 is 2.94 bits per heavy atom. The summed E-state index contributed by atoms with van der Waals surface area (Å²) < 4.78 is 14.9. The third-order valence-corrected chi connectivity index (χ3v) is 1.82. The van der Waals surface area contributed by atoms with Gasteiger partial charge in [0.2, 0.25) is 5.76 Å². The zero-order chi connectivity index (χ0) is 11.4. The van der Waals surface area contributed by atoms with E-state index in [1.54, 1.807) is 30.6 Å². The molecule has 0 aliphatic rings. The van der Waals surface area contributed by atoms with Gasteiger partial charge in [0.25, 0.3) is 5.95 Å². The molecule has 0 amide bonds. The van der Waals surface area contributed by atoms with Gasteiger partial charge in [-0.1, -0.05) is 0 Å². The van der Waals surface area contributed by atoms with E-state index in [1.165, 1.54) is 13.2 Å². The summed E-state index contributed by atoms with van der Waals surface area (Å²) in [6, 6.07) is 6.49. The molecule has 0 fully saturated rings. The van der Waals surface area contributed by atoms with E-state index in [4.69, 9.17) is 9.15 Å². The van der Waals surface area contributed by atoms with E-state index in [0.29, 0.717) is 5.75 Å². The summed E-state index contributed by atoms with van der Waals surface area (Å²) in [7, 11) is 1.28. The number of ether oxygens (including phenoxy) is 2. The lowest BCUT2D eigenvalue weighted by molar-refractivity contribution is 0.0560. The van der Waals surface area contributed by atoms with Crippen LogP contribution in [0.25, 0.3) is 0 Å². The van der Waals surface area contributed by atoms with E-state index < -0.39 is 5.97 Å². The highest BCUT2D eigenvalue weighted by atomic mass is 16.6. The van der Waals surface area contributed by atoms with Gasteiger partial charge in [-0.15, -0.1) is 0 Å². The van der Waals surface area contributed by atoms with E-state index in [9.17, 15) is 4.79 Å².